The van der Waals surface area contributed by atoms with Crippen molar-refractivity contribution in [1.82, 2.24) is 39.0 Å². The molecule has 2 saturated heterocycles. The molecule has 0 amide bonds. The zero-order valence-electron chi connectivity index (χ0n) is 40.9. The van der Waals surface area contributed by atoms with Crippen LogP contribution < -0.4 is 11.5 Å². The molecule has 392 valence electrons. The molecule has 14 rings (SSSR count). The first-order chi connectivity index (χ1) is 34.9. The van der Waals surface area contributed by atoms with Gasteiger partial charge in [-0.2, -0.15) is 28.7 Å². The van der Waals surface area contributed by atoms with E-state index in [9.17, 15) is 33.7 Å². The number of imidazole rings is 2. The van der Waals surface area contributed by atoms with E-state index in [1.165, 1.54) is 105 Å². The van der Waals surface area contributed by atoms with E-state index in [4.69, 9.17) is 50.1 Å². The van der Waals surface area contributed by atoms with Crippen molar-refractivity contribution in [3.05, 3.63) is 24.8 Å². The Hall–Kier alpha value is -5.09. The molecule has 8 aliphatic carbocycles. The van der Waals surface area contributed by atoms with E-state index in [1.807, 2.05) is 0 Å². The predicted octanol–water partition coefficient (Wildman–Crippen LogP) is 6.46. The van der Waals surface area contributed by atoms with Gasteiger partial charge in [0.25, 0.3) is 0 Å². The molecular formula is C52H65ClF2N10O8. The molecule has 73 heavy (non-hydrogen) atoms. The molecule has 7 N–H and O–H groups in total. The highest BCUT2D eigenvalue weighted by atomic mass is 35.5. The summed E-state index contributed by atoms with van der Waals surface area (Å²) in [5.74, 6) is 9.93. The molecule has 10 fully saturated rings. The molecule has 8 bridgehead atoms. The minimum atomic E-state index is -1.52. The second kappa shape index (κ2) is 20.2. The average Bonchev–Trinajstić information content (AvgIpc) is 4.11. The third kappa shape index (κ3) is 10.2. The summed E-state index contributed by atoms with van der Waals surface area (Å²) in [7, 11) is 0. The van der Waals surface area contributed by atoms with E-state index >= 15 is 0 Å². The number of carbonyl (C=O) groups is 2. The molecule has 18 nitrogen and oxygen atoms in total. The number of anilines is 2. The van der Waals surface area contributed by atoms with Crippen LogP contribution in [-0.2, 0) is 23.8 Å². The van der Waals surface area contributed by atoms with Crippen LogP contribution in [0, 0.1) is 83.2 Å². The van der Waals surface area contributed by atoms with Crippen molar-refractivity contribution in [2.45, 2.75) is 164 Å². The maximum atomic E-state index is 13.7. The second-order valence-corrected chi connectivity index (χ2v) is 23.3. The lowest BCUT2D eigenvalue weighted by Gasteiger charge is -2.57. The summed E-state index contributed by atoms with van der Waals surface area (Å²) >= 11 is 5.43. The van der Waals surface area contributed by atoms with Gasteiger partial charge in [0.05, 0.1) is 19.3 Å². The number of nitrogens with zero attached hydrogens (tertiary/aromatic N) is 8. The fraction of sp³-hybridized carbons (Fsp3) is 0.692. The Bertz CT molecular complexity index is 2740. The van der Waals surface area contributed by atoms with Crippen molar-refractivity contribution in [3.63, 3.8) is 0 Å². The lowest BCUT2D eigenvalue weighted by atomic mass is 9.48. The van der Waals surface area contributed by atoms with Crippen LogP contribution in [0.5, 0.6) is 0 Å². The zero-order valence-corrected chi connectivity index (χ0v) is 41.6. The summed E-state index contributed by atoms with van der Waals surface area (Å²) in [6.45, 7) is -0.811. The van der Waals surface area contributed by atoms with Crippen molar-refractivity contribution in [2.75, 3.05) is 24.7 Å². The molecular weight excluding hydrogens is 966 g/mol. The Balaban J connectivity index is 0.000000139. The van der Waals surface area contributed by atoms with Crippen LogP contribution in [0.15, 0.2) is 12.7 Å². The van der Waals surface area contributed by atoms with Gasteiger partial charge in [0.1, 0.15) is 31.3 Å². The number of ether oxygens (including phenoxy) is 3. The summed E-state index contributed by atoms with van der Waals surface area (Å²) in [6.07, 6.45) is 30.4. The van der Waals surface area contributed by atoms with Crippen LogP contribution in [0.2, 0.25) is 0 Å². The zero-order chi connectivity index (χ0) is 51.5. The highest BCUT2D eigenvalue weighted by Crippen LogP contribution is 2.63. The van der Waals surface area contributed by atoms with Gasteiger partial charge in [-0.15, -0.1) is 12.8 Å². The molecule has 4 aromatic heterocycles. The van der Waals surface area contributed by atoms with E-state index in [-0.39, 0.29) is 64.6 Å². The number of hydrogen-bond acceptors (Lipinski definition) is 16. The number of terminal acetylenes is 2. The van der Waals surface area contributed by atoms with Crippen molar-refractivity contribution in [3.8, 4) is 24.7 Å². The van der Waals surface area contributed by atoms with Crippen molar-refractivity contribution in [1.29, 1.82) is 0 Å². The molecule has 2 aliphatic heterocycles. The first kappa shape index (κ1) is 51.4. The van der Waals surface area contributed by atoms with Gasteiger partial charge in [-0.25, -0.2) is 9.97 Å². The summed E-state index contributed by atoms with van der Waals surface area (Å²) in [4.78, 5) is 45.8. The van der Waals surface area contributed by atoms with Crippen molar-refractivity contribution in [2.24, 2.45) is 46.3 Å². The van der Waals surface area contributed by atoms with Crippen LogP contribution in [0.4, 0.5) is 20.4 Å². The molecule has 0 unspecified atom stereocenters. The fourth-order valence-electron chi connectivity index (χ4n) is 15.4. The first-order valence-corrected chi connectivity index (χ1v) is 26.2. The molecule has 10 aliphatic rings. The van der Waals surface area contributed by atoms with Gasteiger partial charge in [0.2, 0.25) is 5.24 Å². The topological polar surface area (TPSA) is 262 Å². The number of halogens is 3. The van der Waals surface area contributed by atoms with Crippen LogP contribution in [0.3, 0.4) is 0 Å². The Morgan fingerprint density at radius 2 is 1.08 bits per heavy atom. The minimum Gasteiger partial charge on any atom is -0.461 e. The van der Waals surface area contributed by atoms with E-state index in [0.717, 1.165) is 54.8 Å². The number of nitrogens with two attached hydrogens (primary N) is 2. The summed E-state index contributed by atoms with van der Waals surface area (Å²) in [5, 5.41) is 29.9. The van der Waals surface area contributed by atoms with Gasteiger partial charge >= 0.3 is 18.1 Å². The Morgan fingerprint density at radius 1 is 0.685 bits per heavy atom. The summed E-state index contributed by atoms with van der Waals surface area (Å²) in [5.41, 5.74) is 10.0. The molecule has 0 spiro atoms. The lowest BCUT2D eigenvalue weighted by Crippen LogP contribution is -2.46. The van der Waals surface area contributed by atoms with E-state index in [0.29, 0.717) is 23.7 Å². The number of hydrogen-bond donors (Lipinski definition) is 5. The number of rotatable bonds is 13. The van der Waals surface area contributed by atoms with Crippen molar-refractivity contribution < 1.29 is 47.9 Å². The van der Waals surface area contributed by atoms with Crippen LogP contribution in [0.1, 0.15) is 141 Å². The SMILES string of the molecule is C#C[C@]1(CO)O[C@@H](n2cnc3c(N)nc(F)nc32)C[C@@H]1O.C#C[C@]1(COC(=O)CCCC23CC4CC(CC(C4)C2)C3)O[C@@H](n2cnc3c(N)nc(F)nc32)C[C@@H]1O.O=C(Cl)CCCC12CC3CC(CC(C3)C1)C2. The second-order valence-electron chi connectivity index (χ2n) is 22.8. The van der Waals surface area contributed by atoms with Crippen molar-refractivity contribution >= 4 is 56.8 Å². The number of aliphatic hydroxyl groups is 3. The highest BCUT2D eigenvalue weighted by Gasteiger charge is 2.53. The third-order valence-electron chi connectivity index (χ3n) is 17.8. The molecule has 21 heteroatoms. The van der Waals surface area contributed by atoms with E-state index < -0.39 is 54.6 Å². The van der Waals surface area contributed by atoms with Gasteiger partial charge in [-0.1, -0.05) is 11.8 Å². The van der Waals surface area contributed by atoms with Crippen LogP contribution >= 0.6 is 11.6 Å². The number of aromatic nitrogens is 8. The molecule has 0 radical (unpaired) electrons. The van der Waals surface area contributed by atoms with Gasteiger partial charge in [-0.3, -0.25) is 18.7 Å². The first-order valence-electron chi connectivity index (χ1n) is 25.9. The smallest absolute Gasteiger partial charge is 0.312 e. The van der Waals surface area contributed by atoms with Gasteiger partial charge < -0.3 is 41.0 Å². The monoisotopic (exact) mass is 1030 g/mol. The number of esters is 1. The normalized spacial score (nSPS) is 36.3. The maximum absolute atomic E-state index is 13.7. The number of aliphatic hydroxyl groups excluding tert-OH is 3. The molecule has 6 heterocycles. The minimum absolute atomic E-state index is 0.0881. The predicted molar refractivity (Wildman–Crippen MR) is 262 cm³/mol. The standard InChI is InChI=1S/C26H32FN5O4.C14H21ClO.C12H12FN5O3/c1-2-26(18(33)9-19(36-26)32-14-29-21-22(28)30-24(27)31-23(21)32)13-35-20(34)4-3-5-25-10-15-6-16(11-25)8-17(7-15)12-25;15-13(16)2-1-3-14-7-10-4-11(8-14)6-12(5-10)9-14;1-2-12(4-19)6(20)3-7(21-12)18-5-15-8-9(14)16-11(13)17-10(8)18/h1,14-19,33H,3-13H2,(H2,28,30,31);10-12H,1-9H2;1,5-7,19-20H,3-4H2,(H2,14,16,17)/t15?,16?,17?,18-,19+,25?,26+;;6-,7+,12+/m0.0/s1. The van der Waals surface area contributed by atoms with Gasteiger partial charge in [-0.05, 0) is 161 Å². The summed E-state index contributed by atoms with van der Waals surface area (Å²) < 4.78 is 46.9. The van der Waals surface area contributed by atoms with Crippen LogP contribution in [0.25, 0.3) is 22.3 Å². The molecule has 8 saturated carbocycles. The lowest BCUT2D eigenvalue weighted by molar-refractivity contribution is -0.156. The maximum Gasteiger partial charge on any atom is 0.312 e. The molecule has 4 aromatic rings. The number of carbonyl (C=O) groups excluding carboxylic acids is 2. The summed E-state index contributed by atoms with van der Waals surface area (Å²) in [6, 6.07) is 0. The highest BCUT2D eigenvalue weighted by molar-refractivity contribution is 6.63. The fourth-order valence-corrected chi connectivity index (χ4v) is 15.5. The Labute approximate surface area is 427 Å². The molecule has 6 atom stereocenters. The Kier molecular flexibility index (Phi) is 14.2. The molecule has 0 aromatic carbocycles. The van der Waals surface area contributed by atoms with Crippen LogP contribution in [-0.4, -0.2) is 102 Å². The average molecular weight is 1030 g/mol. The number of fused-ring (bicyclic) bond motifs is 2. The van der Waals surface area contributed by atoms with Gasteiger partial charge in [0.15, 0.2) is 45.2 Å². The Morgan fingerprint density at radius 3 is 1.47 bits per heavy atom. The number of nitrogen functional groups attached to an aromatic ring is 2. The van der Waals surface area contributed by atoms with Gasteiger partial charge in [0, 0.05) is 25.7 Å². The van der Waals surface area contributed by atoms with E-state index in [1.54, 1.807) is 0 Å². The third-order valence-corrected chi connectivity index (χ3v) is 17.9. The quantitative estimate of drug-likeness (QED) is 0.0416. The largest absolute Gasteiger partial charge is 0.461 e. The van der Waals surface area contributed by atoms with E-state index in [2.05, 4.69) is 41.7 Å².